The van der Waals surface area contributed by atoms with Crippen LogP contribution in [0.5, 0.6) is 5.75 Å². The third-order valence-electron chi connectivity index (χ3n) is 4.08. The summed E-state index contributed by atoms with van der Waals surface area (Å²) in [5, 5.41) is 0. The molecule has 1 aromatic carbocycles. The van der Waals surface area contributed by atoms with E-state index in [-0.39, 0.29) is 17.9 Å². The van der Waals surface area contributed by atoms with Crippen LogP contribution in [0.4, 0.5) is 17.6 Å². The van der Waals surface area contributed by atoms with E-state index in [1.807, 2.05) is 0 Å². The quantitative estimate of drug-likeness (QED) is 0.615. The van der Waals surface area contributed by atoms with Gasteiger partial charge in [0, 0.05) is 17.5 Å². The van der Waals surface area contributed by atoms with Gasteiger partial charge in [-0.05, 0) is 26.3 Å². The van der Waals surface area contributed by atoms with Gasteiger partial charge in [0.15, 0.2) is 11.7 Å². The van der Waals surface area contributed by atoms with Gasteiger partial charge in [0.25, 0.3) is 0 Å². The van der Waals surface area contributed by atoms with Crippen molar-refractivity contribution in [2.24, 2.45) is 0 Å². The molecular formula is C16H18F4O4. The van der Waals surface area contributed by atoms with Crippen LogP contribution in [0.2, 0.25) is 0 Å². The number of hydrogen-bond acceptors (Lipinski definition) is 4. The first-order chi connectivity index (χ1) is 11.1. The fourth-order valence-corrected chi connectivity index (χ4v) is 2.82. The van der Waals surface area contributed by atoms with Crippen LogP contribution in [0.25, 0.3) is 0 Å². The third kappa shape index (κ3) is 3.33. The highest BCUT2D eigenvalue weighted by Gasteiger charge is 2.61. The Balaban J connectivity index is 2.46. The molecule has 1 saturated heterocycles. The molecular weight excluding hydrogens is 332 g/mol. The predicted octanol–water partition coefficient (Wildman–Crippen LogP) is 3.59. The van der Waals surface area contributed by atoms with Crippen LogP contribution >= 0.6 is 0 Å². The minimum Gasteiger partial charge on any atom is -0.496 e. The summed E-state index contributed by atoms with van der Waals surface area (Å²) in [4.78, 5) is 12.1. The van der Waals surface area contributed by atoms with Crippen molar-refractivity contribution in [2.75, 3.05) is 13.7 Å². The number of ether oxygens (including phenoxy) is 3. The molecule has 0 saturated carbocycles. The molecule has 1 aromatic rings. The number of alkyl halides is 3. The van der Waals surface area contributed by atoms with Crippen LogP contribution in [0.1, 0.15) is 31.7 Å². The van der Waals surface area contributed by atoms with Crippen LogP contribution in [0.15, 0.2) is 18.2 Å². The second kappa shape index (κ2) is 6.58. The Hall–Kier alpha value is -1.83. The predicted molar refractivity (Wildman–Crippen MR) is 76.3 cm³/mol. The first-order valence-corrected chi connectivity index (χ1v) is 7.37. The van der Waals surface area contributed by atoms with Crippen LogP contribution in [0, 0.1) is 5.82 Å². The molecule has 0 spiro atoms. The number of carbonyl (C=O) groups is 1. The molecule has 0 aromatic heterocycles. The number of esters is 1. The molecule has 8 heteroatoms. The smallest absolute Gasteiger partial charge is 0.417 e. The lowest BCUT2D eigenvalue weighted by molar-refractivity contribution is -0.264. The SMILES string of the molecule is CCOC(=O)C1OC(C)(C(F)(F)F)CC1c1ccc(F)cc1OC. The highest BCUT2D eigenvalue weighted by Crippen LogP contribution is 2.51. The topological polar surface area (TPSA) is 44.8 Å². The zero-order valence-electron chi connectivity index (χ0n) is 13.4. The molecule has 1 heterocycles. The normalized spacial score (nSPS) is 27.1. The highest BCUT2D eigenvalue weighted by molar-refractivity contribution is 5.77. The monoisotopic (exact) mass is 350 g/mol. The Kier molecular flexibility index (Phi) is 5.08. The van der Waals surface area contributed by atoms with Crippen molar-refractivity contribution in [3.8, 4) is 5.75 Å². The van der Waals surface area contributed by atoms with E-state index in [0.29, 0.717) is 0 Å². The number of hydrogen-bond donors (Lipinski definition) is 0. The number of carbonyl (C=O) groups excluding carboxylic acids is 1. The molecule has 3 unspecified atom stereocenters. The summed E-state index contributed by atoms with van der Waals surface area (Å²) in [5.41, 5.74) is -2.24. The molecule has 1 fully saturated rings. The van der Waals surface area contributed by atoms with Crippen molar-refractivity contribution in [3.05, 3.63) is 29.6 Å². The van der Waals surface area contributed by atoms with Crippen LogP contribution in [-0.4, -0.2) is 37.6 Å². The summed E-state index contributed by atoms with van der Waals surface area (Å²) in [7, 11) is 1.27. The summed E-state index contributed by atoms with van der Waals surface area (Å²) < 4.78 is 68.3. The first kappa shape index (κ1) is 18.5. The van der Waals surface area contributed by atoms with Gasteiger partial charge in [-0.2, -0.15) is 13.2 Å². The van der Waals surface area contributed by atoms with E-state index in [4.69, 9.17) is 14.2 Å². The zero-order valence-corrected chi connectivity index (χ0v) is 13.4. The Morgan fingerprint density at radius 2 is 2.08 bits per heavy atom. The minimum absolute atomic E-state index is 0.00863. The van der Waals surface area contributed by atoms with Crippen molar-refractivity contribution >= 4 is 5.97 Å². The average Bonchev–Trinajstić information content (AvgIpc) is 2.86. The van der Waals surface area contributed by atoms with Crippen molar-refractivity contribution in [1.29, 1.82) is 0 Å². The molecule has 0 aliphatic carbocycles. The van der Waals surface area contributed by atoms with Crippen molar-refractivity contribution < 1.29 is 36.6 Å². The molecule has 0 bridgehead atoms. The fraction of sp³-hybridized carbons (Fsp3) is 0.562. The van der Waals surface area contributed by atoms with Crippen LogP contribution in [0.3, 0.4) is 0 Å². The van der Waals surface area contributed by atoms with Crippen molar-refractivity contribution in [1.82, 2.24) is 0 Å². The van der Waals surface area contributed by atoms with Gasteiger partial charge in [0.2, 0.25) is 0 Å². The second-order valence-corrected chi connectivity index (χ2v) is 5.72. The number of halogens is 4. The standard InChI is InChI=1S/C16H18F4O4/c1-4-23-14(21)13-11(8-15(2,24-13)16(18,19)20)10-6-5-9(17)7-12(10)22-3/h5-7,11,13H,4,8H2,1-3H3. The van der Waals surface area contributed by atoms with Gasteiger partial charge >= 0.3 is 12.1 Å². The van der Waals surface area contributed by atoms with Crippen molar-refractivity contribution in [3.63, 3.8) is 0 Å². The number of methoxy groups -OCH3 is 1. The minimum atomic E-state index is -4.67. The number of rotatable bonds is 4. The molecule has 4 nitrogen and oxygen atoms in total. The molecule has 0 N–H and O–H groups in total. The Bertz CT molecular complexity index is 617. The van der Waals surface area contributed by atoms with Gasteiger partial charge < -0.3 is 14.2 Å². The molecule has 3 atom stereocenters. The Labute approximate surface area is 136 Å². The van der Waals surface area contributed by atoms with Crippen LogP contribution in [-0.2, 0) is 14.3 Å². The maximum Gasteiger partial charge on any atom is 0.417 e. The number of benzene rings is 1. The van der Waals surface area contributed by atoms with Gasteiger partial charge in [-0.3, -0.25) is 0 Å². The molecule has 24 heavy (non-hydrogen) atoms. The molecule has 1 aliphatic rings. The molecule has 2 rings (SSSR count). The summed E-state index contributed by atoms with van der Waals surface area (Å²) in [6, 6.07) is 3.46. The third-order valence-corrected chi connectivity index (χ3v) is 4.08. The van der Waals surface area contributed by atoms with Crippen LogP contribution < -0.4 is 4.74 Å². The van der Waals surface area contributed by atoms with Gasteiger partial charge in [-0.1, -0.05) is 6.07 Å². The molecule has 0 radical (unpaired) electrons. The van der Waals surface area contributed by atoms with E-state index in [9.17, 15) is 22.4 Å². The molecule has 1 aliphatic heterocycles. The zero-order chi connectivity index (χ0) is 18.1. The van der Waals surface area contributed by atoms with E-state index in [1.165, 1.54) is 13.2 Å². The lowest BCUT2D eigenvalue weighted by Crippen LogP contribution is -2.43. The maximum absolute atomic E-state index is 13.4. The largest absolute Gasteiger partial charge is 0.496 e. The molecule has 0 amide bonds. The summed E-state index contributed by atoms with van der Waals surface area (Å²) >= 11 is 0. The van der Waals surface area contributed by atoms with Gasteiger partial charge in [0.1, 0.15) is 11.6 Å². The lowest BCUT2D eigenvalue weighted by atomic mass is 9.86. The Morgan fingerprint density at radius 3 is 2.62 bits per heavy atom. The van der Waals surface area contributed by atoms with Gasteiger partial charge in [-0.25, -0.2) is 9.18 Å². The highest BCUT2D eigenvalue weighted by atomic mass is 19.4. The average molecular weight is 350 g/mol. The summed E-state index contributed by atoms with van der Waals surface area (Å²) in [5.74, 6) is -2.39. The van der Waals surface area contributed by atoms with E-state index in [1.54, 1.807) is 6.92 Å². The lowest BCUT2D eigenvalue weighted by Gasteiger charge is -2.26. The van der Waals surface area contributed by atoms with E-state index in [2.05, 4.69) is 0 Å². The molecule has 134 valence electrons. The van der Waals surface area contributed by atoms with Gasteiger partial charge in [-0.15, -0.1) is 0 Å². The fourth-order valence-electron chi connectivity index (χ4n) is 2.82. The van der Waals surface area contributed by atoms with E-state index in [0.717, 1.165) is 19.1 Å². The van der Waals surface area contributed by atoms with Gasteiger partial charge in [0.05, 0.1) is 13.7 Å². The Morgan fingerprint density at radius 1 is 1.42 bits per heavy atom. The maximum atomic E-state index is 13.4. The first-order valence-electron chi connectivity index (χ1n) is 7.37. The van der Waals surface area contributed by atoms with E-state index >= 15 is 0 Å². The van der Waals surface area contributed by atoms with E-state index < -0.39 is 42.0 Å². The summed E-state index contributed by atoms with van der Waals surface area (Å²) in [6.45, 7) is 2.44. The second-order valence-electron chi connectivity index (χ2n) is 5.72. The van der Waals surface area contributed by atoms with Crippen molar-refractivity contribution in [2.45, 2.75) is 44.1 Å². The summed E-state index contributed by atoms with van der Waals surface area (Å²) in [6.07, 6.45) is -6.61.